The highest BCUT2D eigenvalue weighted by Crippen LogP contribution is 2.26. The Bertz CT molecular complexity index is 273. The monoisotopic (exact) mass is 275 g/mol. The van der Waals surface area contributed by atoms with Crippen LogP contribution < -0.4 is 5.73 Å². The summed E-state index contributed by atoms with van der Waals surface area (Å²) < 4.78 is 1.18. The normalized spacial score (nSPS) is 15.9. The van der Waals surface area contributed by atoms with Crippen molar-refractivity contribution >= 4 is 27.3 Å². The maximum absolute atomic E-state index is 5.99. The molecule has 2 N–H and O–H groups in total. The summed E-state index contributed by atoms with van der Waals surface area (Å²) in [5.41, 5.74) is 5.99. The van der Waals surface area contributed by atoms with Crippen LogP contribution in [0.4, 0.5) is 0 Å². The van der Waals surface area contributed by atoms with Crippen LogP contribution in [0, 0.1) is 11.8 Å². The predicted octanol–water partition coefficient (Wildman–Crippen LogP) is 3.67. The van der Waals surface area contributed by atoms with E-state index < -0.39 is 0 Å². The Labute approximate surface area is 98.8 Å². The van der Waals surface area contributed by atoms with E-state index in [0.717, 1.165) is 6.42 Å². The van der Waals surface area contributed by atoms with Gasteiger partial charge < -0.3 is 5.73 Å². The van der Waals surface area contributed by atoms with Crippen LogP contribution >= 0.6 is 27.3 Å². The largest absolute Gasteiger partial charge is 0.328 e. The van der Waals surface area contributed by atoms with Crippen molar-refractivity contribution in [1.82, 2.24) is 0 Å². The first-order valence-corrected chi connectivity index (χ1v) is 6.66. The van der Waals surface area contributed by atoms with Crippen LogP contribution in [-0.4, -0.2) is 6.04 Å². The molecular weight excluding hydrogens is 258 g/mol. The lowest BCUT2D eigenvalue weighted by Gasteiger charge is -2.23. The molecule has 0 aromatic carbocycles. The minimum Gasteiger partial charge on any atom is -0.328 e. The average molecular weight is 276 g/mol. The summed E-state index contributed by atoms with van der Waals surface area (Å²) >= 11 is 5.29. The second-order valence-electron chi connectivity index (χ2n) is 4.20. The Kier molecular flexibility index (Phi) is 4.61. The third-order valence-corrected chi connectivity index (χ3v) is 4.31. The van der Waals surface area contributed by atoms with Gasteiger partial charge in [0.2, 0.25) is 0 Å². The molecule has 0 fully saturated rings. The third-order valence-electron chi connectivity index (χ3n) is 2.59. The van der Waals surface area contributed by atoms with Crippen molar-refractivity contribution in [1.29, 1.82) is 0 Å². The fourth-order valence-electron chi connectivity index (χ4n) is 1.72. The lowest BCUT2D eigenvalue weighted by atomic mass is 9.86. The Morgan fingerprint density at radius 3 is 2.43 bits per heavy atom. The van der Waals surface area contributed by atoms with E-state index in [2.05, 4.69) is 48.1 Å². The van der Waals surface area contributed by atoms with Gasteiger partial charge in [0, 0.05) is 20.8 Å². The quantitative estimate of drug-likeness (QED) is 0.892. The van der Waals surface area contributed by atoms with Gasteiger partial charge in [-0.3, -0.25) is 0 Å². The van der Waals surface area contributed by atoms with E-state index >= 15 is 0 Å². The van der Waals surface area contributed by atoms with Crippen LogP contribution in [0.15, 0.2) is 15.9 Å². The van der Waals surface area contributed by atoms with E-state index in [0.29, 0.717) is 11.8 Å². The highest BCUT2D eigenvalue weighted by molar-refractivity contribution is 9.10. The molecule has 1 nitrogen and oxygen atoms in total. The first kappa shape index (κ1) is 12.2. The molecule has 14 heavy (non-hydrogen) atoms. The summed E-state index contributed by atoms with van der Waals surface area (Å²) in [6, 6.07) is 2.47. The lowest BCUT2D eigenvalue weighted by molar-refractivity contribution is 0.332. The van der Waals surface area contributed by atoms with E-state index in [1.807, 2.05) is 11.3 Å². The number of nitrogens with two attached hydrogens (primary N) is 1. The van der Waals surface area contributed by atoms with Crippen LogP contribution in [0.3, 0.4) is 0 Å². The molecule has 1 aromatic heterocycles. The van der Waals surface area contributed by atoms with Gasteiger partial charge in [0.1, 0.15) is 0 Å². The van der Waals surface area contributed by atoms with Gasteiger partial charge >= 0.3 is 0 Å². The molecule has 0 aliphatic rings. The second kappa shape index (κ2) is 5.29. The van der Waals surface area contributed by atoms with Gasteiger partial charge in [-0.25, -0.2) is 0 Å². The molecule has 1 aromatic rings. The van der Waals surface area contributed by atoms with Crippen molar-refractivity contribution in [2.45, 2.75) is 33.2 Å². The second-order valence-corrected chi connectivity index (χ2v) is 6.11. The zero-order chi connectivity index (χ0) is 10.7. The van der Waals surface area contributed by atoms with Crippen molar-refractivity contribution in [3.8, 4) is 0 Å². The predicted molar refractivity (Wildman–Crippen MR) is 67.7 cm³/mol. The molecular formula is C11H18BrNS. The molecule has 0 bridgehead atoms. The molecule has 80 valence electrons. The smallest absolute Gasteiger partial charge is 0.0285 e. The fraction of sp³-hybridized carbons (Fsp3) is 0.636. The highest BCUT2D eigenvalue weighted by atomic mass is 79.9. The SMILES string of the molecule is CC(C)C(Cc1cc(Br)cs1)C(C)N. The van der Waals surface area contributed by atoms with Gasteiger partial charge in [-0.1, -0.05) is 13.8 Å². The molecule has 0 saturated carbocycles. The van der Waals surface area contributed by atoms with Crippen LogP contribution in [0.5, 0.6) is 0 Å². The van der Waals surface area contributed by atoms with Gasteiger partial charge in [0.25, 0.3) is 0 Å². The van der Waals surface area contributed by atoms with E-state index in [9.17, 15) is 0 Å². The molecule has 2 unspecified atom stereocenters. The van der Waals surface area contributed by atoms with Gasteiger partial charge in [-0.05, 0) is 47.2 Å². The summed E-state index contributed by atoms with van der Waals surface area (Å²) in [4.78, 5) is 1.42. The number of thiophene rings is 1. The van der Waals surface area contributed by atoms with Gasteiger partial charge in [-0.2, -0.15) is 0 Å². The van der Waals surface area contributed by atoms with Gasteiger partial charge in [-0.15, -0.1) is 11.3 Å². The van der Waals surface area contributed by atoms with Crippen molar-refractivity contribution < 1.29 is 0 Å². The molecule has 0 radical (unpaired) electrons. The average Bonchev–Trinajstić information content (AvgIpc) is 2.46. The Morgan fingerprint density at radius 1 is 1.43 bits per heavy atom. The molecule has 0 aliphatic heterocycles. The molecule has 1 rings (SSSR count). The summed E-state index contributed by atoms with van der Waals surface area (Å²) in [5, 5.41) is 2.13. The molecule has 2 atom stereocenters. The van der Waals surface area contributed by atoms with Crippen molar-refractivity contribution in [3.63, 3.8) is 0 Å². The fourth-order valence-corrected chi connectivity index (χ4v) is 3.25. The lowest BCUT2D eigenvalue weighted by Crippen LogP contribution is -2.31. The molecule has 3 heteroatoms. The molecule has 0 spiro atoms. The standard InChI is InChI=1S/C11H18BrNS/c1-7(2)11(8(3)13)5-10-4-9(12)6-14-10/h4,6-8,11H,5,13H2,1-3H3. The van der Waals surface area contributed by atoms with Crippen LogP contribution in [0.2, 0.25) is 0 Å². The zero-order valence-corrected chi connectivity index (χ0v) is 11.4. The van der Waals surface area contributed by atoms with Gasteiger partial charge in [0.05, 0.1) is 0 Å². The van der Waals surface area contributed by atoms with Crippen molar-refractivity contribution in [2.75, 3.05) is 0 Å². The number of hydrogen-bond donors (Lipinski definition) is 1. The van der Waals surface area contributed by atoms with Crippen LogP contribution in [0.25, 0.3) is 0 Å². The van der Waals surface area contributed by atoms with Crippen molar-refractivity contribution in [2.24, 2.45) is 17.6 Å². The molecule has 1 heterocycles. The summed E-state index contributed by atoms with van der Waals surface area (Å²) in [6.07, 6.45) is 1.10. The van der Waals surface area contributed by atoms with Crippen molar-refractivity contribution in [3.05, 3.63) is 20.8 Å². The topological polar surface area (TPSA) is 26.0 Å². The molecule has 0 saturated heterocycles. The van der Waals surface area contributed by atoms with E-state index in [4.69, 9.17) is 5.73 Å². The highest BCUT2D eigenvalue weighted by Gasteiger charge is 2.18. The minimum absolute atomic E-state index is 0.274. The summed E-state index contributed by atoms with van der Waals surface area (Å²) in [6.45, 7) is 6.60. The van der Waals surface area contributed by atoms with Crippen LogP contribution in [-0.2, 0) is 6.42 Å². The zero-order valence-electron chi connectivity index (χ0n) is 8.96. The van der Waals surface area contributed by atoms with E-state index in [1.165, 1.54) is 9.35 Å². The number of rotatable bonds is 4. The summed E-state index contributed by atoms with van der Waals surface area (Å²) in [7, 11) is 0. The Balaban J connectivity index is 2.64. The maximum Gasteiger partial charge on any atom is 0.0285 e. The minimum atomic E-state index is 0.274. The van der Waals surface area contributed by atoms with Gasteiger partial charge in [0.15, 0.2) is 0 Å². The first-order valence-electron chi connectivity index (χ1n) is 4.99. The van der Waals surface area contributed by atoms with Crippen LogP contribution in [0.1, 0.15) is 25.6 Å². The third kappa shape index (κ3) is 3.37. The van der Waals surface area contributed by atoms with E-state index in [-0.39, 0.29) is 6.04 Å². The molecule has 0 aliphatic carbocycles. The summed E-state index contributed by atoms with van der Waals surface area (Å²) in [5.74, 6) is 1.23. The number of hydrogen-bond acceptors (Lipinski definition) is 2. The maximum atomic E-state index is 5.99. The number of halogens is 1. The first-order chi connectivity index (χ1) is 6.50. The Morgan fingerprint density at radius 2 is 2.07 bits per heavy atom. The Hall–Kier alpha value is 0.140. The van der Waals surface area contributed by atoms with E-state index in [1.54, 1.807) is 0 Å². The molecule has 0 amide bonds.